The first-order chi connectivity index (χ1) is 6.65. The standard InChI is InChI=1S/C11H16NOS/c1-12(2)14(13,11-8-9-11)10-6-4-3-5-7-10/h3-7,11H,8-9H2,1-2H3/q+1. The SMILES string of the molecule is CN(C)[S+](=O)(c1ccccc1)C1CC1. The van der Waals surface area contributed by atoms with Crippen LogP contribution in [0.3, 0.4) is 0 Å². The molecule has 1 unspecified atom stereocenters. The molecule has 1 fully saturated rings. The summed E-state index contributed by atoms with van der Waals surface area (Å²) in [6.07, 6.45) is 2.21. The second-order valence-corrected chi connectivity index (χ2v) is 6.90. The van der Waals surface area contributed by atoms with E-state index in [1.807, 2.05) is 48.7 Å². The van der Waals surface area contributed by atoms with Gasteiger partial charge in [0.05, 0.1) is 0 Å². The summed E-state index contributed by atoms with van der Waals surface area (Å²) in [5, 5.41) is 0.375. The fraction of sp³-hybridized carbons (Fsp3) is 0.455. The second kappa shape index (κ2) is 3.48. The summed E-state index contributed by atoms with van der Waals surface area (Å²) in [4.78, 5) is 0.979. The first kappa shape index (κ1) is 9.87. The molecule has 0 saturated heterocycles. The first-order valence-corrected chi connectivity index (χ1v) is 6.49. The van der Waals surface area contributed by atoms with E-state index in [1.165, 1.54) is 0 Å². The Morgan fingerprint density at radius 2 is 1.79 bits per heavy atom. The average Bonchev–Trinajstić information content (AvgIpc) is 3.01. The lowest BCUT2D eigenvalue weighted by Gasteiger charge is -2.16. The maximum absolute atomic E-state index is 12.8. The second-order valence-electron chi connectivity index (χ2n) is 3.89. The first-order valence-electron chi connectivity index (χ1n) is 4.91. The Morgan fingerprint density at radius 3 is 2.21 bits per heavy atom. The highest BCUT2D eigenvalue weighted by molar-refractivity contribution is 8.01. The smallest absolute Gasteiger partial charge is 0.126 e. The van der Waals surface area contributed by atoms with Gasteiger partial charge in [-0.25, -0.2) is 0 Å². The molecule has 1 saturated carbocycles. The molecule has 0 N–H and O–H groups in total. The average molecular weight is 210 g/mol. The Kier molecular flexibility index (Phi) is 2.45. The van der Waals surface area contributed by atoms with Crippen LogP contribution >= 0.6 is 0 Å². The van der Waals surface area contributed by atoms with Crippen molar-refractivity contribution in [1.82, 2.24) is 4.31 Å². The van der Waals surface area contributed by atoms with Crippen molar-refractivity contribution in [3.05, 3.63) is 30.3 Å². The Labute approximate surface area is 86.5 Å². The maximum atomic E-state index is 12.8. The Hall–Kier alpha value is -0.670. The minimum Gasteiger partial charge on any atom is -0.126 e. The topological polar surface area (TPSA) is 20.3 Å². The van der Waals surface area contributed by atoms with Crippen molar-refractivity contribution < 1.29 is 4.21 Å². The van der Waals surface area contributed by atoms with Gasteiger partial charge in [-0.05, 0) is 12.1 Å². The summed E-state index contributed by atoms with van der Waals surface area (Å²) in [5.41, 5.74) is 0. The van der Waals surface area contributed by atoms with Crippen molar-refractivity contribution >= 4 is 10.1 Å². The Bertz CT molecular complexity index is 351. The number of nitrogens with zero attached hydrogens (tertiary/aromatic N) is 1. The van der Waals surface area contributed by atoms with Gasteiger partial charge in [0.1, 0.15) is 5.25 Å². The van der Waals surface area contributed by atoms with E-state index in [0.717, 1.165) is 17.7 Å². The molecule has 14 heavy (non-hydrogen) atoms. The van der Waals surface area contributed by atoms with Gasteiger partial charge < -0.3 is 0 Å². The van der Waals surface area contributed by atoms with Gasteiger partial charge in [0, 0.05) is 26.9 Å². The molecule has 1 aliphatic rings. The summed E-state index contributed by atoms with van der Waals surface area (Å²) in [7, 11) is 1.86. The molecule has 0 bridgehead atoms. The lowest BCUT2D eigenvalue weighted by atomic mass is 10.4. The largest absolute Gasteiger partial charge is 0.193 e. The van der Waals surface area contributed by atoms with Crippen LogP contribution in [-0.4, -0.2) is 23.7 Å². The molecule has 3 heteroatoms. The zero-order valence-electron chi connectivity index (χ0n) is 8.64. The maximum Gasteiger partial charge on any atom is 0.193 e. The van der Waals surface area contributed by atoms with Gasteiger partial charge in [-0.2, -0.15) is 0 Å². The fourth-order valence-corrected chi connectivity index (χ4v) is 4.43. The Balaban J connectivity index is 2.42. The molecular weight excluding hydrogens is 194 g/mol. The predicted molar refractivity (Wildman–Crippen MR) is 59.5 cm³/mol. The number of hydrogen-bond acceptors (Lipinski definition) is 1. The molecule has 1 aromatic rings. The summed E-state index contributed by atoms with van der Waals surface area (Å²) in [6.45, 7) is 0. The van der Waals surface area contributed by atoms with Gasteiger partial charge in [-0.1, -0.05) is 22.4 Å². The van der Waals surface area contributed by atoms with Crippen molar-refractivity contribution in [2.45, 2.75) is 23.0 Å². The molecule has 1 aliphatic carbocycles. The van der Waals surface area contributed by atoms with Crippen LogP contribution in [0, 0.1) is 0 Å². The summed E-state index contributed by atoms with van der Waals surface area (Å²) in [5.74, 6) is 0. The van der Waals surface area contributed by atoms with Gasteiger partial charge in [-0.15, -0.1) is 4.31 Å². The van der Waals surface area contributed by atoms with Crippen LogP contribution < -0.4 is 0 Å². The molecule has 0 aliphatic heterocycles. The highest BCUT2D eigenvalue weighted by Crippen LogP contribution is 2.40. The normalized spacial score (nSPS) is 20.8. The predicted octanol–water partition coefficient (Wildman–Crippen LogP) is 2.18. The van der Waals surface area contributed by atoms with Gasteiger partial charge in [0.15, 0.2) is 15.0 Å². The molecule has 0 aromatic heterocycles. The van der Waals surface area contributed by atoms with Crippen molar-refractivity contribution in [3.8, 4) is 0 Å². The summed E-state index contributed by atoms with van der Waals surface area (Å²) >= 11 is 0. The lowest BCUT2D eigenvalue weighted by molar-refractivity contribution is 0.528. The van der Waals surface area contributed by atoms with Crippen LogP contribution in [0.5, 0.6) is 0 Å². The minimum atomic E-state index is -1.96. The molecule has 0 radical (unpaired) electrons. The van der Waals surface area contributed by atoms with Gasteiger partial charge in [0.2, 0.25) is 0 Å². The summed E-state index contributed by atoms with van der Waals surface area (Å²) in [6, 6.07) is 9.83. The van der Waals surface area contributed by atoms with Crippen molar-refractivity contribution in [3.63, 3.8) is 0 Å². The monoisotopic (exact) mass is 210 g/mol. The third-order valence-corrected chi connectivity index (χ3v) is 6.01. The van der Waals surface area contributed by atoms with E-state index in [0.29, 0.717) is 5.25 Å². The molecular formula is C11H16NOS+. The van der Waals surface area contributed by atoms with Gasteiger partial charge >= 0.3 is 0 Å². The molecule has 0 amide bonds. The number of benzene rings is 1. The molecule has 1 atom stereocenters. The molecule has 2 nitrogen and oxygen atoms in total. The number of hydrogen-bond donors (Lipinski definition) is 0. The highest BCUT2D eigenvalue weighted by atomic mass is 32.3. The van der Waals surface area contributed by atoms with E-state index >= 15 is 0 Å². The molecule has 0 heterocycles. The van der Waals surface area contributed by atoms with E-state index < -0.39 is 10.1 Å². The molecule has 2 rings (SSSR count). The van der Waals surface area contributed by atoms with Gasteiger partial charge in [0.25, 0.3) is 0 Å². The van der Waals surface area contributed by atoms with Crippen molar-refractivity contribution in [1.29, 1.82) is 0 Å². The van der Waals surface area contributed by atoms with Crippen molar-refractivity contribution in [2.75, 3.05) is 14.1 Å². The van der Waals surface area contributed by atoms with E-state index in [-0.39, 0.29) is 0 Å². The molecule has 0 spiro atoms. The molecule has 1 aromatic carbocycles. The van der Waals surface area contributed by atoms with Crippen LogP contribution in [0.25, 0.3) is 0 Å². The van der Waals surface area contributed by atoms with E-state index in [4.69, 9.17) is 0 Å². The zero-order chi connectivity index (χ0) is 10.2. The highest BCUT2D eigenvalue weighted by Gasteiger charge is 2.51. The van der Waals surface area contributed by atoms with Crippen LogP contribution in [0.1, 0.15) is 12.8 Å². The summed E-state index contributed by atoms with van der Waals surface area (Å²) < 4.78 is 14.7. The van der Waals surface area contributed by atoms with Gasteiger partial charge in [-0.3, -0.25) is 0 Å². The third-order valence-electron chi connectivity index (χ3n) is 2.60. The fourth-order valence-electron chi connectivity index (χ4n) is 1.70. The van der Waals surface area contributed by atoms with E-state index in [1.54, 1.807) is 0 Å². The zero-order valence-corrected chi connectivity index (χ0v) is 9.46. The third kappa shape index (κ3) is 1.51. The van der Waals surface area contributed by atoms with E-state index in [2.05, 4.69) is 0 Å². The minimum absolute atomic E-state index is 0.375. The van der Waals surface area contributed by atoms with Crippen LogP contribution in [0.4, 0.5) is 0 Å². The lowest BCUT2D eigenvalue weighted by Crippen LogP contribution is -2.33. The van der Waals surface area contributed by atoms with Crippen molar-refractivity contribution in [2.24, 2.45) is 0 Å². The van der Waals surface area contributed by atoms with Crippen LogP contribution in [0.2, 0.25) is 0 Å². The van der Waals surface area contributed by atoms with E-state index in [9.17, 15) is 4.21 Å². The van der Waals surface area contributed by atoms with Crippen LogP contribution in [-0.2, 0) is 14.3 Å². The quantitative estimate of drug-likeness (QED) is 0.700. The number of rotatable bonds is 3. The molecule has 76 valence electrons. The Morgan fingerprint density at radius 1 is 1.21 bits per heavy atom. The van der Waals surface area contributed by atoms with Crippen LogP contribution in [0.15, 0.2) is 35.2 Å².